The zero-order chi connectivity index (χ0) is 15.4. The van der Waals surface area contributed by atoms with Gasteiger partial charge < -0.3 is 9.47 Å². The summed E-state index contributed by atoms with van der Waals surface area (Å²) in [4.78, 5) is 12.0. The van der Waals surface area contributed by atoms with Crippen LogP contribution < -0.4 is 10.1 Å². The summed E-state index contributed by atoms with van der Waals surface area (Å²) in [6.07, 6.45) is 1.89. The third-order valence-electron chi connectivity index (χ3n) is 4.31. The van der Waals surface area contributed by atoms with Gasteiger partial charge in [0.1, 0.15) is 11.8 Å². The van der Waals surface area contributed by atoms with Crippen molar-refractivity contribution in [1.82, 2.24) is 5.32 Å². The van der Waals surface area contributed by atoms with Gasteiger partial charge in [-0.3, -0.25) is 10.1 Å². The highest BCUT2D eigenvalue weighted by Crippen LogP contribution is 2.28. The molecule has 0 saturated heterocycles. The van der Waals surface area contributed by atoms with Crippen molar-refractivity contribution in [3.63, 3.8) is 0 Å². The number of hydrogen-bond donors (Lipinski definition) is 1. The van der Waals surface area contributed by atoms with Crippen LogP contribution in [0.5, 0.6) is 5.75 Å². The van der Waals surface area contributed by atoms with Gasteiger partial charge >= 0.3 is 5.97 Å². The van der Waals surface area contributed by atoms with Crippen LogP contribution in [0.2, 0.25) is 0 Å². The number of benzene rings is 1. The highest BCUT2D eigenvalue weighted by atomic mass is 16.5. The van der Waals surface area contributed by atoms with E-state index in [9.17, 15) is 4.79 Å². The summed E-state index contributed by atoms with van der Waals surface area (Å²) in [6, 6.07) is 6.07. The predicted molar refractivity (Wildman–Crippen MR) is 82.5 cm³/mol. The van der Waals surface area contributed by atoms with Crippen molar-refractivity contribution in [2.75, 3.05) is 13.7 Å². The van der Waals surface area contributed by atoms with Crippen LogP contribution in [0.15, 0.2) is 18.2 Å². The number of carbonyl (C=O) groups is 1. The molecule has 1 aromatic carbocycles. The van der Waals surface area contributed by atoms with Gasteiger partial charge in [0, 0.05) is 12.5 Å². The van der Waals surface area contributed by atoms with Crippen molar-refractivity contribution in [2.45, 2.75) is 45.7 Å². The molecule has 1 heterocycles. The molecule has 4 heteroatoms. The Bertz CT molecular complexity index is 501. The van der Waals surface area contributed by atoms with E-state index in [1.54, 1.807) is 0 Å². The van der Waals surface area contributed by atoms with Gasteiger partial charge in [-0.15, -0.1) is 0 Å². The van der Waals surface area contributed by atoms with E-state index >= 15 is 0 Å². The first kappa shape index (κ1) is 15.8. The molecule has 0 saturated carbocycles. The fourth-order valence-corrected chi connectivity index (χ4v) is 2.67. The first-order valence-electron chi connectivity index (χ1n) is 7.66. The van der Waals surface area contributed by atoms with Crippen LogP contribution in [-0.4, -0.2) is 25.7 Å². The van der Waals surface area contributed by atoms with E-state index in [1.165, 1.54) is 18.2 Å². The van der Waals surface area contributed by atoms with E-state index in [0.29, 0.717) is 0 Å². The lowest BCUT2D eigenvalue weighted by molar-refractivity contribution is -0.144. The summed E-state index contributed by atoms with van der Waals surface area (Å²) in [7, 11) is 1.44. The molecule has 0 fully saturated rings. The highest BCUT2D eigenvalue weighted by molar-refractivity contribution is 5.76. The van der Waals surface area contributed by atoms with Crippen molar-refractivity contribution in [1.29, 1.82) is 0 Å². The fourth-order valence-electron chi connectivity index (χ4n) is 2.67. The van der Waals surface area contributed by atoms with Gasteiger partial charge in [-0.05, 0) is 30.0 Å². The van der Waals surface area contributed by atoms with E-state index in [0.717, 1.165) is 25.2 Å². The van der Waals surface area contributed by atoms with Gasteiger partial charge in [0.25, 0.3) is 0 Å². The molecule has 116 valence electrons. The van der Waals surface area contributed by atoms with Crippen LogP contribution in [0.3, 0.4) is 0 Å². The van der Waals surface area contributed by atoms with Crippen molar-refractivity contribution in [2.24, 2.45) is 5.92 Å². The van der Waals surface area contributed by atoms with Crippen molar-refractivity contribution < 1.29 is 14.3 Å². The SMILES string of the molecule is CCC(C)C(NC(C)c1ccc2c(c1)CCO2)C(=O)OC. The molecule has 1 aliphatic heterocycles. The third-order valence-corrected chi connectivity index (χ3v) is 4.31. The molecule has 4 nitrogen and oxygen atoms in total. The van der Waals surface area contributed by atoms with Crippen LogP contribution in [0, 0.1) is 5.92 Å². The lowest BCUT2D eigenvalue weighted by Gasteiger charge is -2.26. The standard InChI is InChI=1S/C17H25NO3/c1-5-11(2)16(17(19)20-4)18-12(3)13-6-7-15-14(10-13)8-9-21-15/h6-7,10-12,16,18H,5,8-9H2,1-4H3. The molecule has 1 aromatic rings. The predicted octanol–water partition coefficient (Wildman–Crippen LogP) is 2.86. The van der Waals surface area contributed by atoms with Crippen LogP contribution in [0.1, 0.15) is 44.4 Å². The molecular weight excluding hydrogens is 266 g/mol. The van der Waals surface area contributed by atoms with Gasteiger partial charge in [0.2, 0.25) is 0 Å². The second-order valence-electron chi connectivity index (χ2n) is 5.74. The van der Waals surface area contributed by atoms with Gasteiger partial charge in [-0.2, -0.15) is 0 Å². The van der Waals surface area contributed by atoms with Crippen LogP contribution in [-0.2, 0) is 16.0 Å². The minimum absolute atomic E-state index is 0.0917. The maximum absolute atomic E-state index is 12.0. The Labute approximate surface area is 126 Å². The maximum Gasteiger partial charge on any atom is 0.323 e. The average molecular weight is 291 g/mol. The Morgan fingerprint density at radius 1 is 1.43 bits per heavy atom. The Hall–Kier alpha value is -1.55. The normalized spacial score (nSPS) is 17.5. The number of fused-ring (bicyclic) bond motifs is 1. The lowest BCUT2D eigenvalue weighted by atomic mass is 9.96. The first-order valence-corrected chi connectivity index (χ1v) is 7.66. The van der Waals surface area contributed by atoms with Gasteiger partial charge in [-0.1, -0.05) is 32.4 Å². The summed E-state index contributed by atoms with van der Waals surface area (Å²) in [6.45, 7) is 6.99. The van der Waals surface area contributed by atoms with Gasteiger partial charge in [-0.25, -0.2) is 0 Å². The summed E-state index contributed by atoms with van der Waals surface area (Å²) in [5.41, 5.74) is 2.43. The highest BCUT2D eigenvalue weighted by Gasteiger charge is 2.27. The molecule has 2 rings (SSSR count). The molecular formula is C17H25NO3. The second kappa shape index (κ2) is 6.94. The van der Waals surface area contributed by atoms with Gasteiger partial charge in [0.05, 0.1) is 13.7 Å². The minimum Gasteiger partial charge on any atom is -0.493 e. The molecule has 0 radical (unpaired) electrons. The number of esters is 1. The molecule has 3 unspecified atom stereocenters. The van der Waals surface area contributed by atoms with E-state index in [-0.39, 0.29) is 24.0 Å². The molecule has 0 aliphatic carbocycles. The summed E-state index contributed by atoms with van der Waals surface area (Å²) in [5.74, 6) is 1.02. The molecule has 1 N–H and O–H groups in total. The maximum atomic E-state index is 12.0. The molecule has 1 aliphatic rings. The van der Waals surface area contributed by atoms with Crippen molar-refractivity contribution >= 4 is 5.97 Å². The number of hydrogen-bond acceptors (Lipinski definition) is 4. The van der Waals surface area contributed by atoms with E-state index < -0.39 is 0 Å². The van der Waals surface area contributed by atoms with Crippen molar-refractivity contribution in [3.05, 3.63) is 29.3 Å². The number of methoxy groups -OCH3 is 1. The smallest absolute Gasteiger partial charge is 0.323 e. The van der Waals surface area contributed by atoms with E-state index in [1.807, 2.05) is 6.07 Å². The number of ether oxygens (including phenoxy) is 2. The first-order chi connectivity index (χ1) is 10.1. The zero-order valence-electron chi connectivity index (χ0n) is 13.3. The summed E-state index contributed by atoms with van der Waals surface area (Å²) in [5, 5.41) is 3.41. The number of rotatable bonds is 6. The largest absolute Gasteiger partial charge is 0.493 e. The number of nitrogens with one attached hydrogen (secondary N) is 1. The monoisotopic (exact) mass is 291 g/mol. The molecule has 0 aromatic heterocycles. The zero-order valence-corrected chi connectivity index (χ0v) is 13.3. The molecule has 21 heavy (non-hydrogen) atoms. The Morgan fingerprint density at radius 2 is 2.19 bits per heavy atom. The van der Waals surface area contributed by atoms with Gasteiger partial charge in [0.15, 0.2) is 0 Å². The van der Waals surface area contributed by atoms with E-state index in [2.05, 4.69) is 38.2 Å². The number of carbonyl (C=O) groups excluding carboxylic acids is 1. The molecule has 0 spiro atoms. The van der Waals surface area contributed by atoms with Crippen molar-refractivity contribution in [3.8, 4) is 5.75 Å². The molecule has 0 bridgehead atoms. The van der Waals surface area contributed by atoms with Crippen LogP contribution >= 0.6 is 0 Å². The Kier molecular flexibility index (Phi) is 5.23. The lowest BCUT2D eigenvalue weighted by Crippen LogP contribution is -2.43. The molecule has 3 atom stereocenters. The second-order valence-corrected chi connectivity index (χ2v) is 5.74. The van der Waals surface area contributed by atoms with Crippen LogP contribution in [0.25, 0.3) is 0 Å². The minimum atomic E-state index is -0.278. The van der Waals surface area contributed by atoms with E-state index in [4.69, 9.17) is 9.47 Å². The van der Waals surface area contributed by atoms with Crippen LogP contribution in [0.4, 0.5) is 0 Å². The molecule has 0 amide bonds. The summed E-state index contributed by atoms with van der Waals surface area (Å²) >= 11 is 0. The fraction of sp³-hybridized carbons (Fsp3) is 0.588. The topological polar surface area (TPSA) is 47.6 Å². The Balaban J connectivity index is 2.11. The Morgan fingerprint density at radius 3 is 2.86 bits per heavy atom. The summed E-state index contributed by atoms with van der Waals surface area (Å²) < 4.78 is 10.5. The average Bonchev–Trinajstić information content (AvgIpc) is 2.98. The quantitative estimate of drug-likeness (QED) is 0.819. The third kappa shape index (κ3) is 3.56.